The van der Waals surface area contributed by atoms with E-state index in [0.717, 1.165) is 11.3 Å². The Bertz CT molecular complexity index is 1010. The van der Waals surface area contributed by atoms with Crippen molar-refractivity contribution in [1.82, 2.24) is 0 Å². The van der Waals surface area contributed by atoms with Crippen LogP contribution >= 0.6 is 0 Å². The van der Waals surface area contributed by atoms with E-state index in [-0.39, 0.29) is 5.41 Å². The minimum atomic E-state index is -4.94. The minimum Gasteiger partial charge on any atom is -0.497 e. The lowest BCUT2D eigenvalue weighted by molar-refractivity contribution is -2.00. The number of hydrogen-bond acceptors (Lipinski definition) is 6. The van der Waals surface area contributed by atoms with Crippen LogP contribution < -0.4 is 23.5 Å². The predicted octanol–water partition coefficient (Wildman–Crippen LogP) is 0.246. The fourth-order valence-electron chi connectivity index (χ4n) is 3.63. The zero-order chi connectivity index (χ0) is 24.1. The van der Waals surface area contributed by atoms with Gasteiger partial charge in [-0.2, -0.15) is 4.58 Å². The fraction of sp³-hybridized carbons (Fsp3) is 0.292. The van der Waals surface area contributed by atoms with Gasteiger partial charge < -0.3 is 9.64 Å². The maximum atomic E-state index is 8.49. The van der Waals surface area contributed by atoms with Crippen LogP contribution in [0.5, 0.6) is 0 Å². The molecule has 32 heavy (non-hydrogen) atoms. The van der Waals surface area contributed by atoms with Crippen molar-refractivity contribution in [1.29, 1.82) is 0 Å². The molecule has 2 aromatic rings. The third-order valence-corrected chi connectivity index (χ3v) is 5.30. The number of benzene rings is 2. The Morgan fingerprint density at radius 3 is 2.06 bits per heavy atom. The second kappa shape index (κ2) is 10.3. The molecule has 0 radical (unpaired) electrons. The van der Waals surface area contributed by atoms with Gasteiger partial charge in [0.2, 0.25) is 5.69 Å². The van der Waals surface area contributed by atoms with E-state index in [1.807, 2.05) is 20.2 Å². The SMILES string of the molecule is COC(=C\C1=[N+](C)c2ccccc2C1(C)C)/C=C/c1ccc(N(C)C)cc1.[O-][Cl+3]([O-])([O-])[O-]. The van der Waals surface area contributed by atoms with E-state index in [9.17, 15) is 0 Å². The molecule has 0 saturated heterocycles. The molecule has 1 aliphatic rings. The van der Waals surface area contributed by atoms with Crippen molar-refractivity contribution in [3.05, 3.63) is 77.6 Å². The summed E-state index contributed by atoms with van der Waals surface area (Å²) < 4.78 is 41.9. The first-order valence-electron chi connectivity index (χ1n) is 9.88. The molecular formula is C24H29ClN2O5. The summed E-state index contributed by atoms with van der Waals surface area (Å²) >= 11 is 0. The van der Waals surface area contributed by atoms with Gasteiger partial charge in [0.15, 0.2) is 5.71 Å². The second-order valence-electron chi connectivity index (χ2n) is 8.03. The summed E-state index contributed by atoms with van der Waals surface area (Å²) in [7, 11) is 2.99. The summed E-state index contributed by atoms with van der Waals surface area (Å²) in [6.07, 6.45) is 6.26. The van der Waals surface area contributed by atoms with Crippen LogP contribution in [0, 0.1) is 10.2 Å². The van der Waals surface area contributed by atoms with Crippen molar-refractivity contribution in [2.24, 2.45) is 0 Å². The zero-order valence-electron chi connectivity index (χ0n) is 19.2. The quantitative estimate of drug-likeness (QED) is 0.359. The lowest BCUT2D eigenvalue weighted by Gasteiger charge is -2.17. The first kappa shape index (κ1) is 25.6. The topological polar surface area (TPSA) is 108 Å². The summed E-state index contributed by atoms with van der Waals surface area (Å²) in [5.74, 6) is 0.842. The Balaban J connectivity index is 0.000000654. The molecule has 3 rings (SSSR count). The normalized spacial score (nSPS) is 15.4. The van der Waals surface area contributed by atoms with Gasteiger partial charge in [0, 0.05) is 37.5 Å². The molecular weight excluding hydrogens is 432 g/mol. The smallest absolute Gasteiger partial charge is 0.209 e. The highest BCUT2D eigenvalue weighted by molar-refractivity contribution is 6.03. The number of fused-ring (bicyclic) bond motifs is 1. The van der Waals surface area contributed by atoms with Gasteiger partial charge in [-0.25, -0.2) is 18.6 Å². The van der Waals surface area contributed by atoms with E-state index in [1.165, 1.54) is 22.6 Å². The number of rotatable bonds is 5. The summed E-state index contributed by atoms with van der Waals surface area (Å²) in [6.45, 7) is 4.52. The van der Waals surface area contributed by atoms with Gasteiger partial charge in [-0.3, -0.25) is 0 Å². The van der Waals surface area contributed by atoms with Crippen LogP contribution in [-0.4, -0.2) is 38.5 Å². The molecule has 0 bridgehead atoms. The number of hydrogen-bond donors (Lipinski definition) is 0. The van der Waals surface area contributed by atoms with Crippen LogP contribution in [0.15, 0.2) is 66.4 Å². The molecule has 0 N–H and O–H groups in total. The number of ether oxygens (including phenoxy) is 1. The summed E-state index contributed by atoms with van der Waals surface area (Å²) in [4.78, 5) is 2.10. The number of para-hydroxylation sites is 1. The van der Waals surface area contributed by atoms with Crippen molar-refractivity contribution < 1.29 is 38.2 Å². The fourth-order valence-corrected chi connectivity index (χ4v) is 3.63. The number of anilines is 1. The Morgan fingerprint density at radius 1 is 1.00 bits per heavy atom. The van der Waals surface area contributed by atoms with E-state index in [0.29, 0.717) is 0 Å². The van der Waals surface area contributed by atoms with Crippen molar-refractivity contribution in [3.63, 3.8) is 0 Å². The molecule has 0 amide bonds. The van der Waals surface area contributed by atoms with Crippen molar-refractivity contribution in [3.8, 4) is 0 Å². The van der Waals surface area contributed by atoms with Crippen LogP contribution in [0.3, 0.4) is 0 Å². The first-order chi connectivity index (χ1) is 14.8. The van der Waals surface area contributed by atoms with Gasteiger partial charge in [0.05, 0.1) is 12.5 Å². The Kier molecular flexibility index (Phi) is 8.23. The number of allylic oxidation sites excluding steroid dienone is 2. The molecule has 1 aliphatic heterocycles. The highest BCUT2D eigenvalue weighted by Gasteiger charge is 2.43. The molecule has 0 aromatic heterocycles. The first-order valence-corrected chi connectivity index (χ1v) is 11.1. The maximum absolute atomic E-state index is 8.49. The molecule has 7 nitrogen and oxygen atoms in total. The Morgan fingerprint density at radius 2 is 1.56 bits per heavy atom. The van der Waals surface area contributed by atoms with Crippen LogP contribution in [0.2, 0.25) is 0 Å². The van der Waals surface area contributed by atoms with E-state index < -0.39 is 10.2 Å². The van der Waals surface area contributed by atoms with Crippen molar-refractivity contribution >= 4 is 23.2 Å². The zero-order valence-corrected chi connectivity index (χ0v) is 19.9. The van der Waals surface area contributed by atoms with Crippen LogP contribution in [-0.2, 0) is 10.2 Å². The van der Waals surface area contributed by atoms with E-state index in [2.05, 4.69) is 91.1 Å². The number of nitrogens with zero attached hydrogens (tertiary/aromatic N) is 2. The molecule has 0 saturated carbocycles. The molecule has 0 spiro atoms. The standard InChI is InChI=1S/C24H29N2O.ClHO4/c1-24(2)21-9-7-8-10-22(21)26(5)23(24)17-20(27-6)16-13-18-11-14-19(15-12-18)25(3)4;2-1(3,4)5/h7-17H,1-6H3;(H,2,3,4,5)/q+1;/p-1. The maximum Gasteiger partial charge on any atom is 0.209 e. The highest BCUT2D eigenvalue weighted by Crippen LogP contribution is 2.39. The Hall–Kier alpha value is -2.68. The second-order valence-corrected chi connectivity index (χ2v) is 8.79. The molecule has 0 aliphatic carbocycles. The van der Waals surface area contributed by atoms with Gasteiger partial charge in [0.25, 0.3) is 0 Å². The highest BCUT2D eigenvalue weighted by atomic mass is 35.7. The number of halogens is 1. The van der Waals surface area contributed by atoms with Gasteiger partial charge in [-0.05, 0) is 37.6 Å². The monoisotopic (exact) mass is 460 g/mol. The van der Waals surface area contributed by atoms with Crippen LogP contribution in [0.25, 0.3) is 6.08 Å². The Labute approximate surface area is 191 Å². The van der Waals surface area contributed by atoms with Gasteiger partial charge in [0.1, 0.15) is 12.8 Å². The van der Waals surface area contributed by atoms with E-state index in [1.54, 1.807) is 7.11 Å². The minimum absolute atomic E-state index is 0.0592. The van der Waals surface area contributed by atoms with E-state index in [4.69, 9.17) is 23.4 Å². The van der Waals surface area contributed by atoms with E-state index >= 15 is 0 Å². The average Bonchev–Trinajstić information content (AvgIpc) is 2.90. The number of methoxy groups -OCH3 is 1. The predicted molar refractivity (Wildman–Crippen MR) is 115 cm³/mol. The molecule has 0 unspecified atom stereocenters. The summed E-state index contributed by atoms with van der Waals surface area (Å²) in [5, 5.41) is 0. The third-order valence-electron chi connectivity index (χ3n) is 5.30. The van der Waals surface area contributed by atoms with Gasteiger partial charge in [-0.15, -0.1) is 10.2 Å². The molecule has 2 aromatic carbocycles. The molecule has 172 valence electrons. The average molecular weight is 461 g/mol. The van der Waals surface area contributed by atoms with Crippen molar-refractivity contribution in [2.75, 3.05) is 33.2 Å². The van der Waals surface area contributed by atoms with Gasteiger partial charge in [-0.1, -0.05) is 36.4 Å². The summed E-state index contributed by atoms with van der Waals surface area (Å²) in [5.41, 5.74) is 6.11. The van der Waals surface area contributed by atoms with Gasteiger partial charge >= 0.3 is 0 Å². The van der Waals surface area contributed by atoms with Crippen LogP contribution in [0.1, 0.15) is 25.0 Å². The largest absolute Gasteiger partial charge is 0.497 e. The van der Waals surface area contributed by atoms with Crippen LogP contribution in [0.4, 0.5) is 11.4 Å². The molecule has 8 heteroatoms. The molecule has 0 fully saturated rings. The van der Waals surface area contributed by atoms with Crippen molar-refractivity contribution in [2.45, 2.75) is 19.3 Å². The molecule has 1 heterocycles. The summed E-state index contributed by atoms with van der Waals surface area (Å²) in [6, 6.07) is 17.1. The lowest BCUT2D eigenvalue weighted by atomic mass is 9.81. The lowest BCUT2D eigenvalue weighted by Crippen LogP contribution is -2.68. The molecule has 0 atom stereocenters. The third kappa shape index (κ3) is 6.66.